The van der Waals surface area contributed by atoms with Gasteiger partial charge in [-0.15, -0.1) is 0 Å². The van der Waals surface area contributed by atoms with Crippen molar-refractivity contribution in [2.24, 2.45) is 7.05 Å². The number of ether oxygens (including phenoxy) is 1. The van der Waals surface area contributed by atoms with E-state index in [1.807, 2.05) is 64.5 Å². The van der Waals surface area contributed by atoms with Gasteiger partial charge in [-0.05, 0) is 38.0 Å². The maximum atomic E-state index is 11.6. The first kappa shape index (κ1) is 15.1. The van der Waals surface area contributed by atoms with E-state index in [2.05, 4.69) is 10.4 Å². The lowest BCUT2D eigenvalue weighted by Gasteiger charge is -2.19. The monoisotopic (exact) mass is 287 g/mol. The Morgan fingerprint density at radius 1 is 1.33 bits per heavy atom. The minimum Gasteiger partial charge on any atom is -0.444 e. The number of nitrogens with one attached hydrogen (secondary N) is 1. The highest BCUT2D eigenvalue weighted by molar-refractivity contribution is 5.68. The second-order valence-corrected chi connectivity index (χ2v) is 5.96. The van der Waals surface area contributed by atoms with Gasteiger partial charge in [-0.1, -0.05) is 18.2 Å². The van der Waals surface area contributed by atoms with Gasteiger partial charge in [0.25, 0.3) is 0 Å². The molecule has 21 heavy (non-hydrogen) atoms. The van der Waals surface area contributed by atoms with Crippen molar-refractivity contribution < 1.29 is 9.53 Å². The fourth-order valence-corrected chi connectivity index (χ4v) is 1.92. The summed E-state index contributed by atoms with van der Waals surface area (Å²) < 4.78 is 6.98. The van der Waals surface area contributed by atoms with Crippen molar-refractivity contribution in [2.75, 3.05) is 0 Å². The Balaban J connectivity index is 2.00. The molecule has 0 aliphatic heterocycles. The van der Waals surface area contributed by atoms with Crippen molar-refractivity contribution in [1.82, 2.24) is 15.1 Å². The molecule has 2 rings (SSSR count). The maximum absolute atomic E-state index is 11.6. The Morgan fingerprint density at radius 2 is 2.10 bits per heavy atom. The lowest BCUT2D eigenvalue weighted by molar-refractivity contribution is 0.0523. The summed E-state index contributed by atoms with van der Waals surface area (Å²) in [7, 11) is 1.89. The third kappa shape index (κ3) is 4.63. The molecule has 0 aliphatic carbocycles. The second-order valence-electron chi connectivity index (χ2n) is 5.96. The first-order chi connectivity index (χ1) is 9.83. The quantitative estimate of drug-likeness (QED) is 0.943. The molecule has 0 saturated heterocycles. The number of carbonyl (C=O) groups is 1. The van der Waals surface area contributed by atoms with Gasteiger partial charge in [0.2, 0.25) is 0 Å². The summed E-state index contributed by atoms with van der Waals surface area (Å²) in [5.74, 6) is 0. The standard InChI is InChI=1S/C16H21N3O2/c1-16(2,3)21-15(20)17-9-12-6-5-7-13(8-12)14-10-18-19(4)11-14/h5-8,10-11H,9H2,1-4H3,(H,17,20). The van der Waals surface area contributed by atoms with Crippen LogP contribution < -0.4 is 5.32 Å². The number of hydrogen-bond acceptors (Lipinski definition) is 3. The third-order valence-corrected chi connectivity index (χ3v) is 2.80. The van der Waals surface area contributed by atoms with Crippen LogP contribution in [0.1, 0.15) is 26.3 Å². The first-order valence-electron chi connectivity index (χ1n) is 6.88. The van der Waals surface area contributed by atoms with Crippen LogP contribution in [0.15, 0.2) is 36.7 Å². The largest absolute Gasteiger partial charge is 0.444 e. The molecule has 0 unspecified atom stereocenters. The molecule has 0 spiro atoms. The predicted molar refractivity (Wildman–Crippen MR) is 81.7 cm³/mol. The van der Waals surface area contributed by atoms with Crippen molar-refractivity contribution in [1.29, 1.82) is 0 Å². The topological polar surface area (TPSA) is 56.2 Å². The van der Waals surface area contributed by atoms with Crippen LogP contribution in [0.4, 0.5) is 4.79 Å². The van der Waals surface area contributed by atoms with E-state index in [-0.39, 0.29) is 0 Å². The Morgan fingerprint density at radius 3 is 2.71 bits per heavy atom. The number of amides is 1. The number of alkyl carbamates (subject to hydrolysis) is 1. The number of benzene rings is 1. The molecule has 0 fully saturated rings. The van der Waals surface area contributed by atoms with Gasteiger partial charge >= 0.3 is 6.09 Å². The van der Waals surface area contributed by atoms with Crippen molar-refractivity contribution in [3.63, 3.8) is 0 Å². The van der Waals surface area contributed by atoms with Gasteiger partial charge in [0, 0.05) is 25.4 Å². The molecule has 0 atom stereocenters. The smallest absolute Gasteiger partial charge is 0.407 e. The molecule has 1 N–H and O–H groups in total. The van der Waals surface area contributed by atoms with Crippen LogP contribution in [0, 0.1) is 0 Å². The zero-order valence-electron chi connectivity index (χ0n) is 12.9. The third-order valence-electron chi connectivity index (χ3n) is 2.80. The number of aryl methyl sites for hydroxylation is 1. The summed E-state index contributed by atoms with van der Waals surface area (Å²) in [6.45, 7) is 5.96. The highest BCUT2D eigenvalue weighted by Crippen LogP contribution is 2.19. The number of rotatable bonds is 3. The van der Waals surface area contributed by atoms with Crippen molar-refractivity contribution >= 4 is 6.09 Å². The number of nitrogens with zero attached hydrogens (tertiary/aromatic N) is 2. The fraction of sp³-hybridized carbons (Fsp3) is 0.375. The van der Waals surface area contributed by atoms with Crippen LogP contribution >= 0.6 is 0 Å². The molecule has 5 heteroatoms. The summed E-state index contributed by atoms with van der Waals surface area (Å²) in [6, 6.07) is 7.99. The molecule has 2 aromatic rings. The fourth-order valence-electron chi connectivity index (χ4n) is 1.92. The van der Waals surface area contributed by atoms with E-state index in [4.69, 9.17) is 4.74 Å². The molecule has 1 heterocycles. The molecule has 5 nitrogen and oxygen atoms in total. The van der Waals surface area contributed by atoms with Crippen molar-refractivity contribution in [2.45, 2.75) is 32.9 Å². The van der Waals surface area contributed by atoms with Crippen molar-refractivity contribution in [3.05, 3.63) is 42.2 Å². The van der Waals surface area contributed by atoms with Crippen molar-refractivity contribution in [3.8, 4) is 11.1 Å². The molecule has 112 valence electrons. The summed E-state index contributed by atoms with van der Waals surface area (Å²) in [5.41, 5.74) is 2.66. The molecule has 0 aliphatic rings. The van der Waals surface area contributed by atoms with E-state index in [9.17, 15) is 4.79 Å². The number of carbonyl (C=O) groups excluding carboxylic acids is 1. The minimum absolute atomic E-state index is 0.408. The second kappa shape index (κ2) is 5.99. The van der Waals surface area contributed by atoms with E-state index < -0.39 is 11.7 Å². The zero-order valence-corrected chi connectivity index (χ0v) is 12.9. The van der Waals surface area contributed by atoms with Gasteiger partial charge in [0.1, 0.15) is 5.60 Å². The highest BCUT2D eigenvalue weighted by atomic mass is 16.6. The average molecular weight is 287 g/mol. The average Bonchev–Trinajstić information content (AvgIpc) is 2.82. The van der Waals surface area contributed by atoms with Crippen LogP contribution in [0.3, 0.4) is 0 Å². The Labute approximate surface area is 124 Å². The molecule has 0 saturated carbocycles. The number of hydrogen-bond donors (Lipinski definition) is 1. The SMILES string of the molecule is Cn1cc(-c2cccc(CNC(=O)OC(C)(C)C)c2)cn1. The predicted octanol–water partition coefficient (Wildman–Crippen LogP) is 3.11. The summed E-state index contributed by atoms with van der Waals surface area (Å²) in [5, 5.41) is 6.92. The van der Waals surface area contributed by atoms with E-state index in [0.717, 1.165) is 16.7 Å². The van der Waals surface area contributed by atoms with Crippen LogP contribution in [-0.4, -0.2) is 21.5 Å². The van der Waals surface area contributed by atoms with Gasteiger partial charge in [-0.3, -0.25) is 4.68 Å². The molecule has 0 radical (unpaired) electrons. The Kier molecular flexibility index (Phi) is 4.31. The van der Waals surface area contributed by atoms with E-state index >= 15 is 0 Å². The van der Waals surface area contributed by atoms with Gasteiger partial charge < -0.3 is 10.1 Å². The lowest BCUT2D eigenvalue weighted by atomic mass is 10.1. The molecule has 1 aromatic carbocycles. The van der Waals surface area contributed by atoms with Crippen LogP contribution in [0.5, 0.6) is 0 Å². The van der Waals surface area contributed by atoms with Gasteiger partial charge in [-0.2, -0.15) is 5.10 Å². The van der Waals surface area contributed by atoms with E-state index in [0.29, 0.717) is 6.54 Å². The van der Waals surface area contributed by atoms with Gasteiger partial charge in [0.05, 0.1) is 6.20 Å². The minimum atomic E-state index is -0.484. The molecule has 1 aromatic heterocycles. The van der Waals surface area contributed by atoms with Crippen LogP contribution in [0.2, 0.25) is 0 Å². The molecule has 1 amide bonds. The lowest BCUT2D eigenvalue weighted by Crippen LogP contribution is -2.32. The van der Waals surface area contributed by atoms with Gasteiger partial charge in [0.15, 0.2) is 0 Å². The summed E-state index contributed by atoms with van der Waals surface area (Å²) >= 11 is 0. The summed E-state index contributed by atoms with van der Waals surface area (Å²) in [6.07, 6.45) is 3.37. The van der Waals surface area contributed by atoms with Crippen LogP contribution in [0.25, 0.3) is 11.1 Å². The molecular formula is C16H21N3O2. The maximum Gasteiger partial charge on any atom is 0.407 e. The molecule has 0 bridgehead atoms. The number of aromatic nitrogens is 2. The Hall–Kier alpha value is -2.30. The molecular weight excluding hydrogens is 266 g/mol. The summed E-state index contributed by atoms with van der Waals surface area (Å²) in [4.78, 5) is 11.6. The van der Waals surface area contributed by atoms with Gasteiger partial charge in [-0.25, -0.2) is 4.79 Å². The Bertz CT molecular complexity index is 626. The van der Waals surface area contributed by atoms with E-state index in [1.54, 1.807) is 4.68 Å². The van der Waals surface area contributed by atoms with E-state index in [1.165, 1.54) is 0 Å². The van der Waals surface area contributed by atoms with Crippen LogP contribution in [-0.2, 0) is 18.3 Å². The zero-order chi connectivity index (χ0) is 15.5. The highest BCUT2D eigenvalue weighted by Gasteiger charge is 2.15. The first-order valence-corrected chi connectivity index (χ1v) is 6.88. The normalized spacial score (nSPS) is 11.2.